The van der Waals surface area contributed by atoms with Crippen molar-refractivity contribution in [3.63, 3.8) is 0 Å². The Morgan fingerprint density at radius 3 is 2.74 bits per heavy atom. The molecule has 0 fully saturated rings. The number of rotatable bonds is 5. The van der Waals surface area contributed by atoms with E-state index in [0.717, 1.165) is 29.3 Å². The second kappa shape index (κ2) is 5.54. The summed E-state index contributed by atoms with van der Waals surface area (Å²) < 4.78 is 30.4. The minimum Gasteiger partial charge on any atom is -0.385 e. The number of benzene rings is 1. The fourth-order valence-electron chi connectivity index (χ4n) is 1.58. The van der Waals surface area contributed by atoms with Gasteiger partial charge in [-0.2, -0.15) is 4.37 Å². The summed E-state index contributed by atoms with van der Waals surface area (Å²) in [6, 6.07) is 4.95. The summed E-state index contributed by atoms with van der Waals surface area (Å²) in [5.74, 6) is 0. The summed E-state index contributed by atoms with van der Waals surface area (Å²) in [4.78, 5) is 4.01. The van der Waals surface area contributed by atoms with E-state index in [-0.39, 0.29) is 10.0 Å². The molecule has 102 valence electrons. The molecule has 0 saturated heterocycles. The molecule has 0 bridgehead atoms. The molecule has 0 spiro atoms. The third-order valence-electron chi connectivity index (χ3n) is 2.46. The molecule has 0 amide bonds. The van der Waals surface area contributed by atoms with Gasteiger partial charge in [-0.05, 0) is 37.6 Å². The highest BCUT2D eigenvalue weighted by atomic mass is 32.2. The lowest BCUT2D eigenvalue weighted by Crippen LogP contribution is -2.13. The predicted molar refractivity (Wildman–Crippen MR) is 76.1 cm³/mol. The molecule has 0 unspecified atom stereocenters. The molecule has 2 rings (SSSR count). The fraction of sp³-hybridized carbons (Fsp3) is 0.273. The highest BCUT2D eigenvalue weighted by Crippen LogP contribution is 2.21. The molecular weight excluding hydrogens is 284 g/mol. The number of hydrogen-bond acceptors (Lipinski definition) is 6. The molecule has 0 aliphatic heterocycles. The van der Waals surface area contributed by atoms with Gasteiger partial charge >= 0.3 is 0 Å². The van der Waals surface area contributed by atoms with Gasteiger partial charge in [-0.15, -0.1) is 0 Å². The Morgan fingerprint density at radius 2 is 2.16 bits per heavy atom. The van der Waals surface area contributed by atoms with Crippen LogP contribution in [0.3, 0.4) is 0 Å². The van der Waals surface area contributed by atoms with Crippen molar-refractivity contribution in [2.24, 2.45) is 0 Å². The molecule has 0 aliphatic rings. The van der Waals surface area contributed by atoms with Crippen molar-refractivity contribution in [1.82, 2.24) is 9.36 Å². The number of nitrogens with zero attached hydrogens (tertiary/aromatic N) is 2. The minimum atomic E-state index is -3.61. The smallest absolute Gasteiger partial charge is 0.263 e. The monoisotopic (exact) mass is 298 g/mol. The van der Waals surface area contributed by atoms with Crippen LogP contribution >= 0.6 is 11.5 Å². The molecule has 0 atom stereocenters. The fourth-order valence-corrected chi connectivity index (χ4v) is 3.33. The summed E-state index contributed by atoms with van der Waals surface area (Å²) in [5, 5.41) is 3.42. The molecule has 8 heteroatoms. The standard InChI is InChI=1S/C11H14N4O2S2/c1-3-12-10-5-4-9(6-8(10)2)19(16,17)15-11-13-7-14-18-11/h4-7,12H,3H2,1-2H3,(H,13,14,15). The Kier molecular flexibility index (Phi) is 4.01. The van der Waals surface area contributed by atoms with Crippen LogP contribution < -0.4 is 10.0 Å². The van der Waals surface area contributed by atoms with Gasteiger partial charge in [0.1, 0.15) is 6.33 Å². The van der Waals surface area contributed by atoms with Gasteiger partial charge in [0.05, 0.1) is 4.90 Å². The summed E-state index contributed by atoms with van der Waals surface area (Å²) >= 11 is 0.996. The van der Waals surface area contributed by atoms with E-state index in [1.807, 2.05) is 13.8 Å². The van der Waals surface area contributed by atoms with Crippen LogP contribution in [-0.4, -0.2) is 24.3 Å². The van der Waals surface area contributed by atoms with E-state index in [0.29, 0.717) is 0 Å². The lowest BCUT2D eigenvalue weighted by molar-refractivity contribution is 0.601. The molecule has 1 aromatic heterocycles. The van der Waals surface area contributed by atoms with Crippen molar-refractivity contribution in [3.05, 3.63) is 30.1 Å². The zero-order valence-corrected chi connectivity index (χ0v) is 12.2. The van der Waals surface area contributed by atoms with Crippen molar-refractivity contribution < 1.29 is 8.42 Å². The molecule has 6 nitrogen and oxygen atoms in total. The maximum Gasteiger partial charge on any atom is 0.263 e. The zero-order chi connectivity index (χ0) is 13.9. The van der Waals surface area contributed by atoms with Gasteiger partial charge in [0.15, 0.2) is 0 Å². The van der Waals surface area contributed by atoms with Crippen LogP contribution in [0.2, 0.25) is 0 Å². The Balaban J connectivity index is 2.28. The zero-order valence-electron chi connectivity index (χ0n) is 10.5. The third kappa shape index (κ3) is 3.21. The summed E-state index contributed by atoms with van der Waals surface area (Å²) in [6.07, 6.45) is 1.31. The van der Waals surface area contributed by atoms with Crippen LogP contribution in [0.25, 0.3) is 0 Å². The van der Waals surface area contributed by atoms with Gasteiger partial charge in [-0.25, -0.2) is 13.4 Å². The topological polar surface area (TPSA) is 84.0 Å². The number of aryl methyl sites for hydroxylation is 1. The van der Waals surface area contributed by atoms with Crippen LogP contribution in [0.5, 0.6) is 0 Å². The predicted octanol–water partition coefficient (Wildman–Crippen LogP) is 2.08. The van der Waals surface area contributed by atoms with E-state index in [1.54, 1.807) is 18.2 Å². The first-order valence-electron chi connectivity index (χ1n) is 5.67. The SMILES string of the molecule is CCNc1ccc(S(=O)(=O)Nc2ncns2)cc1C. The largest absolute Gasteiger partial charge is 0.385 e. The Bertz CT molecular complexity index is 653. The lowest BCUT2D eigenvalue weighted by atomic mass is 10.2. The third-order valence-corrected chi connectivity index (χ3v) is 4.50. The van der Waals surface area contributed by atoms with Crippen LogP contribution in [0.1, 0.15) is 12.5 Å². The molecule has 0 saturated carbocycles. The average Bonchev–Trinajstić information content (AvgIpc) is 2.84. The summed E-state index contributed by atoms with van der Waals surface area (Å²) in [7, 11) is -3.61. The van der Waals surface area contributed by atoms with Crippen LogP contribution in [0.15, 0.2) is 29.4 Å². The van der Waals surface area contributed by atoms with E-state index in [9.17, 15) is 8.42 Å². The lowest BCUT2D eigenvalue weighted by Gasteiger charge is -2.10. The van der Waals surface area contributed by atoms with Crippen molar-refractivity contribution in [2.75, 3.05) is 16.6 Å². The highest BCUT2D eigenvalue weighted by molar-refractivity contribution is 7.93. The van der Waals surface area contributed by atoms with E-state index in [2.05, 4.69) is 19.4 Å². The van der Waals surface area contributed by atoms with Crippen molar-refractivity contribution >= 4 is 32.4 Å². The Morgan fingerprint density at radius 1 is 1.37 bits per heavy atom. The van der Waals surface area contributed by atoms with Crippen LogP contribution in [-0.2, 0) is 10.0 Å². The van der Waals surface area contributed by atoms with E-state index in [4.69, 9.17) is 0 Å². The van der Waals surface area contributed by atoms with Crippen LogP contribution in [0.4, 0.5) is 10.8 Å². The second-order valence-electron chi connectivity index (χ2n) is 3.86. The normalized spacial score (nSPS) is 11.3. The highest BCUT2D eigenvalue weighted by Gasteiger charge is 2.16. The molecule has 1 aromatic carbocycles. The van der Waals surface area contributed by atoms with Crippen molar-refractivity contribution in [2.45, 2.75) is 18.7 Å². The van der Waals surface area contributed by atoms with Gasteiger partial charge in [0.2, 0.25) is 5.13 Å². The molecular formula is C11H14N4O2S2. The second-order valence-corrected chi connectivity index (χ2v) is 6.32. The number of nitrogens with one attached hydrogen (secondary N) is 2. The number of anilines is 2. The van der Waals surface area contributed by atoms with E-state index >= 15 is 0 Å². The summed E-state index contributed by atoms with van der Waals surface area (Å²) in [5.41, 5.74) is 1.80. The van der Waals surface area contributed by atoms with Crippen molar-refractivity contribution in [1.29, 1.82) is 0 Å². The first-order chi connectivity index (χ1) is 9.03. The van der Waals surface area contributed by atoms with Gasteiger partial charge < -0.3 is 5.32 Å². The van der Waals surface area contributed by atoms with E-state index < -0.39 is 10.0 Å². The minimum absolute atomic E-state index is 0.210. The van der Waals surface area contributed by atoms with Gasteiger partial charge in [0.25, 0.3) is 10.0 Å². The number of sulfonamides is 1. The molecule has 19 heavy (non-hydrogen) atoms. The van der Waals surface area contributed by atoms with Crippen LogP contribution in [0, 0.1) is 6.92 Å². The average molecular weight is 298 g/mol. The summed E-state index contributed by atoms with van der Waals surface area (Å²) in [6.45, 7) is 4.64. The number of aromatic nitrogens is 2. The number of hydrogen-bond donors (Lipinski definition) is 2. The van der Waals surface area contributed by atoms with Gasteiger partial charge in [0, 0.05) is 23.8 Å². The maximum atomic E-state index is 12.1. The van der Waals surface area contributed by atoms with Gasteiger partial charge in [-0.3, -0.25) is 4.72 Å². The van der Waals surface area contributed by atoms with E-state index in [1.165, 1.54) is 6.33 Å². The maximum absolute atomic E-state index is 12.1. The molecule has 2 aromatic rings. The van der Waals surface area contributed by atoms with Crippen molar-refractivity contribution in [3.8, 4) is 0 Å². The quantitative estimate of drug-likeness (QED) is 0.883. The Labute approximate surface area is 116 Å². The van der Waals surface area contributed by atoms with Gasteiger partial charge in [-0.1, -0.05) is 0 Å². The first kappa shape index (κ1) is 13.8. The first-order valence-corrected chi connectivity index (χ1v) is 7.92. The Hall–Kier alpha value is -1.67. The molecule has 0 aliphatic carbocycles. The molecule has 0 radical (unpaired) electrons. The molecule has 1 heterocycles. The molecule has 2 N–H and O–H groups in total.